The Hall–Kier alpha value is -5.43. The van der Waals surface area contributed by atoms with Crippen molar-refractivity contribution in [1.29, 1.82) is 0 Å². The van der Waals surface area contributed by atoms with Crippen molar-refractivity contribution < 1.29 is 33.4 Å². The maximum Gasteiger partial charge on any atom is 0.407 e. The number of rotatable bonds is 15. The van der Waals surface area contributed by atoms with E-state index < -0.39 is 48.0 Å². The van der Waals surface area contributed by atoms with Gasteiger partial charge in [0.15, 0.2) is 0 Å². The lowest BCUT2D eigenvalue weighted by atomic mass is 9.98. The van der Waals surface area contributed by atoms with Crippen LogP contribution in [0.25, 0.3) is 11.1 Å². The van der Waals surface area contributed by atoms with Gasteiger partial charge in [-0.1, -0.05) is 74.5 Å². The molecule has 13 heteroatoms. The predicted octanol–water partition coefficient (Wildman–Crippen LogP) is 3.16. The number of hydrogen-bond donors (Lipinski definition) is 6. The van der Waals surface area contributed by atoms with Crippen LogP contribution in [0.15, 0.2) is 72.8 Å². The fourth-order valence-electron chi connectivity index (χ4n) is 5.79. The van der Waals surface area contributed by atoms with Crippen molar-refractivity contribution >= 4 is 35.6 Å². The van der Waals surface area contributed by atoms with Crippen LogP contribution < -0.4 is 32.7 Å². The molecule has 0 saturated carbocycles. The molecule has 5 amide bonds. The Kier molecular flexibility index (Phi) is 12.7. The largest absolute Gasteiger partial charge is 0.468 e. The molecule has 8 N–H and O–H groups in total. The Labute approximate surface area is 285 Å². The number of benzene rings is 3. The Morgan fingerprint density at radius 1 is 0.837 bits per heavy atom. The van der Waals surface area contributed by atoms with Gasteiger partial charge in [-0.15, -0.1) is 0 Å². The number of urea groups is 1. The van der Waals surface area contributed by atoms with Gasteiger partial charge in [0.1, 0.15) is 24.7 Å². The van der Waals surface area contributed by atoms with Crippen LogP contribution in [-0.2, 0) is 30.3 Å². The molecular formula is C36H44N6O7. The lowest BCUT2D eigenvalue weighted by Gasteiger charge is -2.25. The van der Waals surface area contributed by atoms with E-state index in [4.69, 9.17) is 16.2 Å². The smallest absolute Gasteiger partial charge is 0.407 e. The first-order valence-corrected chi connectivity index (χ1v) is 16.2. The lowest BCUT2D eigenvalue weighted by molar-refractivity contribution is -0.142. The minimum Gasteiger partial charge on any atom is -0.468 e. The number of carbonyl (C=O) groups excluding carboxylic acids is 5. The fourth-order valence-corrected chi connectivity index (χ4v) is 5.79. The fraction of sp³-hybridized carbons (Fsp3) is 0.361. The zero-order valence-electron chi connectivity index (χ0n) is 27.9. The Morgan fingerprint density at radius 3 is 2.02 bits per heavy atom. The molecule has 3 aromatic rings. The molecule has 260 valence electrons. The first kappa shape index (κ1) is 36.4. The molecule has 0 bridgehead atoms. The van der Waals surface area contributed by atoms with Gasteiger partial charge in [-0.05, 0) is 65.1 Å². The molecule has 4 rings (SSSR count). The van der Waals surface area contributed by atoms with Gasteiger partial charge in [-0.3, -0.25) is 14.4 Å². The summed E-state index contributed by atoms with van der Waals surface area (Å²) in [6.07, 6.45) is -0.00798. The third-order valence-corrected chi connectivity index (χ3v) is 8.35. The molecule has 0 aliphatic heterocycles. The highest BCUT2D eigenvalue weighted by Crippen LogP contribution is 2.44. The molecule has 0 radical (unpaired) electrons. The molecular weight excluding hydrogens is 628 g/mol. The average Bonchev–Trinajstić information content (AvgIpc) is 3.41. The number of methoxy groups -OCH3 is 1. The maximum atomic E-state index is 13.5. The second-order valence-corrected chi connectivity index (χ2v) is 12.2. The average molecular weight is 673 g/mol. The van der Waals surface area contributed by atoms with Gasteiger partial charge in [0.25, 0.3) is 0 Å². The zero-order valence-corrected chi connectivity index (χ0v) is 27.9. The summed E-state index contributed by atoms with van der Waals surface area (Å²) in [6.45, 7) is 3.81. The molecule has 0 heterocycles. The van der Waals surface area contributed by atoms with Crippen LogP contribution >= 0.6 is 0 Å². The third-order valence-electron chi connectivity index (χ3n) is 8.35. The summed E-state index contributed by atoms with van der Waals surface area (Å²) >= 11 is 0. The van der Waals surface area contributed by atoms with Crippen LogP contribution in [0.4, 0.5) is 15.3 Å². The number of carbonyl (C=O) groups is 5. The van der Waals surface area contributed by atoms with Crippen molar-refractivity contribution in [3.63, 3.8) is 0 Å². The molecule has 1 aliphatic rings. The van der Waals surface area contributed by atoms with Crippen LogP contribution in [0, 0.1) is 5.92 Å². The Balaban J connectivity index is 1.39. The minimum absolute atomic E-state index is 0.0810. The van der Waals surface area contributed by atoms with Gasteiger partial charge in [0, 0.05) is 18.2 Å². The van der Waals surface area contributed by atoms with Crippen LogP contribution in [0.5, 0.6) is 0 Å². The van der Waals surface area contributed by atoms with E-state index in [0.29, 0.717) is 12.1 Å². The Morgan fingerprint density at radius 2 is 1.45 bits per heavy atom. The number of esters is 1. The number of primary amides is 1. The molecule has 3 atom stereocenters. The highest BCUT2D eigenvalue weighted by atomic mass is 16.5. The predicted molar refractivity (Wildman–Crippen MR) is 184 cm³/mol. The van der Waals surface area contributed by atoms with Gasteiger partial charge >= 0.3 is 18.1 Å². The summed E-state index contributed by atoms with van der Waals surface area (Å²) in [7, 11) is 1.26. The van der Waals surface area contributed by atoms with E-state index in [-0.39, 0.29) is 37.8 Å². The number of amides is 5. The van der Waals surface area contributed by atoms with Crippen LogP contribution in [0.2, 0.25) is 0 Å². The van der Waals surface area contributed by atoms with Gasteiger partial charge in [0.2, 0.25) is 11.8 Å². The van der Waals surface area contributed by atoms with E-state index in [1.165, 1.54) is 7.11 Å². The Bertz CT molecular complexity index is 1600. The number of ether oxygens (including phenoxy) is 2. The summed E-state index contributed by atoms with van der Waals surface area (Å²) in [5.41, 5.74) is 16.5. The molecule has 3 aromatic carbocycles. The van der Waals surface area contributed by atoms with Gasteiger partial charge in [0.05, 0.1) is 7.11 Å². The van der Waals surface area contributed by atoms with E-state index in [0.717, 1.165) is 27.8 Å². The van der Waals surface area contributed by atoms with Crippen molar-refractivity contribution in [3.8, 4) is 11.1 Å². The topological polar surface area (TPSA) is 204 Å². The second-order valence-electron chi connectivity index (χ2n) is 12.2. The molecule has 1 aliphatic carbocycles. The zero-order chi connectivity index (χ0) is 35.5. The number of nitrogens with two attached hydrogens (primary N) is 2. The van der Waals surface area contributed by atoms with E-state index in [1.807, 2.05) is 48.5 Å². The minimum atomic E-state index is -1.01. The summed E-state index contributed by atoms with van der Waals surface area (Å²) in [4.78, 5) is 62.8. The molecule has 0 unspecified atom stereocenters. The molecule has 0 aromatic heterocycles. The van der Waals surface area contributed by atoms with Crippen LogP contribution in [0.3, 0.4) is 0 Å². The van der Waals surface area contributed by atoms with Crippen LogP contribution in [0.1, 0.15) is 49.3 Å². The molecule has 0 spiro atoms. The molecule has 13 nitrogen and oxygen atoms in total. The highest BCUT2D eigenvalue weighted by molar-refractivity contribution is 5.98. The van der Waals surface area contributed by atoms with Crippen molar-refractivity contribution in [2.45, 2.75) is 57.2 Å². The van der Waals surface area contributed by atoms with Crippen molar-refractivity contribution in [3.05, 3.63) is 89.5 Å². The number of alkyl carbamates (subject to hydrolysis) is 1. The second kappa shape index (κ2) is 17.1. The first-order valence-electron chi connectivity index (χ1n) is 16.2. The van der Waals surface area contributed by atoms with Gasteiger partial charge in [-0.25, -0.2) is 9.59 Å². The molecule has 0 fully saturated rings. The van der Waals surface area contributed by atoms with Gasteiger partial charge < -0.3 is 42.2 Å². The number of nitrogens with one attached hydrogen (secondary N) is 4. The quantitative estimate of drug-likeness (QED) is 0.104. The number of fused-ring (bicyclic) bond motifs is 3. The van der Waals surface area contributed by atoms with E-state index in [9.17, 15) is 24.0 Å². The van der Waals surface area contributed by atoms with Crippen molar-refractivity contribution in [1.82, 2.24) is 16.0 Å². The van der Waals surface area contributed by atoms with Crippen molar-refractivity contribution in [2.24, 2.45) is 17.4 Å². The SMILES string of the molecule is COC(=O)[C@@H](N)Cc1ccc(NC(=O)[C@H](CCCNC(N)=O)NC(=O)[C@@H](NC(=O)OCC2c3ccccc3-c3ccccc32)C(C)C)cc1. The van der Waals surface area contributed by atoms with Crippen molar-refractivity contribution in [2.75, 3.05) is 25.6 Å². The van der Waals surface area contributed by atoms with Gasteiger partial charge in [-0.2, -0.15) is 0 Å². The third kappa shape index (κ3) is 9.80. The molecule has 0 saturated heterocycles. The monoisotopic (exact) mass is 672 g/mol. The van der Waals surface area contributed by atoms with E-state index in [2.05, 4.69) is 26.0 Å². The first-order chi connectivity index (χ1) is 23.5. The van der Waals surface area contributed by atoms with Crippen LogP contribution in [-0.4, -0.2) is 68.3 Å². The summed E-state index contributed by atoms with van der Waals surface area (Å²) < 4.78 is 10.3. The maximum absolute atomic E-state index is 13.5. The van der Waals surface area contributed by atoms with E-state index in [1.54, 1.807) is 38.1 Å². The summed E-state index contributed by atoms with van der Waals surface area (Å²) in [5.74, 6) is -2.10. The molecule has 49 heavy (non-hydrogen) atoms. The van der Waals surface area contributed by atoms with E-state index >= 15 is 0 Å². The summed E-state index contributed by atoms with van der Waals surface area (Å²) in [6, 6.07) is 19.2. The normalized spacial score (nSPS) is 13.7. The summed E-state index contributed by atoms with van der Waals surface area (Å²) in [5, 5.41) is 10.7. The standard InChI is InChI=1S/C36H44N6O7/c1-21(2)31(42-36(47)49-20-28-26-11-6-4-9-24(26)25-10-5-7-12-27(25)28)33(44)41-30(13-8-18-39-35(38)46)32(43)40-23-16-14-22(15-17-23)19-29(37)34(45)48-3/h4-7,9-12,14-17,21,28-31H,8,13,18-20,37H2,1-3H3,(H,40,43)(H,41,44)(H,42,47)(H3,38,39,46)/t29-,30-,31-/m0/s1. The number of anilines is 1. The lowest BCUT2D eigenvalue weighted by Crippen LogP contribution is -2.54. The highest BCUT2D eigenvalue weighted by Gasteiger charge is 2.32. The number of hydrogen-bond acceptors (Lipinski definition) is 8.